The van der Waals surface area contributed by atoms with Crippen molar-refractivity contribution in [1.82, 2.24) is 15.3 Å². The van der Waals surface area contributed by atoms with Gasteiger partial charge < -0.3 is 10.3 Å². The van der Waals surface area contributed by atoms with Crippen molar-refractivity contribution >= 4 is 0 Å². The highest BCUT2D eigenvalue weighted by atomic mass is 14.9. The van der Waals surface area contributed by atoms with Crippen molar-refractivity contribution in [2.75, 3.05) is 6.54 Å². The monoisotopic (exact) mass is 243 g/mol. The lowest BCUT2D eigenvalue weighted by atomic mass is 10.1. The van der Waals surface area contributed by atoms with Crippen LogP contribution in [0.15, 0.2) is 36.7 Å². The van der Waals surface area contributed by atoms with E-state index in [9.17, 15) is 0 Å². The van der Waals surface area contributed by atoms with Gasteiger partial charge in [-0.2, -0.15) is 0 Å². The predicted molar refractivity (Wildman–Crippen MR) is 74.4 cm³/mol. The molecular formula is C15H21N3. The fourth-order valence-corrected chi connectivity index (χ4v) is 1.94. The van der Waals surface area contributed by atoms with E-state index in [1.54, 1.807) is 6.20 Å². The molecule has 96 valence electrons. The summed E-state index contributed by atoms with van der Waals surface area (Å²) in [6.45, 7) is 4.15. The molecule has 0 fully saturated rings. The molecule has 0 saturated carbocycles. The zero-order valence-corrected chi connectivity index (χ0v) is 10.9. The molecule has 0 amide bonds. The second-order valence-electron chi connectivity index (χ2n) is 4.49. The van der Waals surface area contributed by atoms with E-state index in [2.05, 4.69) is 46.5 Å². The van der Waals surface area contributed by atoms with E-state index >= 15 is 0 Å². The summed E-state index contributed by atoms with van der Waals surface area (Å²) >= 11 is 0. The van der Waals surface area contributed by atoms with Crippen molar-refractivity contribution < 1.29 is 0 Å². The Morgan fingerprint density at radius 2 is 1.94 bits per heavy atom. The number of hydrogen-bond acceptors (Lipinski definition) is 2. The Hall–Kier alpha value is -1.61. The molecule has 2 rings (SSSR count). The minimum Gasteiger partial charge on any atom is -0.349 e. The van der Waals surface area contributed by atoms with Crippen LogP contribution in [0.1, 0.15) is 30.3 Å². The fraction of sp³-hybridized carbons (Fsp3) is 0.400. The van der Waals surface area contributed by atoms with Gasteiger partial charge in [0.1, 0.15) is 5.82 Å². The molecule has 2 aromatic rings. The van der Waals surface area contributed by atoms with E-state index in [0.29, 0.717) is 0 Å². The molecule has 0 aliphatic carbocycles. The summed E-state index contributed by atoms with van der Waals surface area (Å²) in [6, 6.07) is 8.83. The molecule has 1 aromatic heterocycles. The lowest BCUT2D eigenvalue weighted by molar-refractivity contribution is 0.641. The molecule has 2 N–H and O–H groups in total. The van der Waals surface area contributed by atoms with Gasteiger partial charge in [-0.05, 0) is 30.5 Å². The zero-order valence-electron chi connectivity index (χ0n) is 10.9. The molecular weight excluding hydrogens is 222 g/mol. The zero-order chi connectivity index (χ0) is 12.6. The van der Waals surface area contributed by atoms with Crippen LogP contribution in [-0.4, -0.2) is 16.5 Å². The first kappa shape index (κ1) is 12.8. The highest BCUT2D eigenvalue weighted by Gasteiger charge is 1.96. The number of H-pyrrole nitrogens is 1. The smallest absolute Gasteiger partial charge is 0.106 e. The predicted octanol–water partition coefficient (Wildman–Crippen LogP) is 2.69. The van der Waals surface area contributed by atoms with Crippen LogP contribution in [-0.2, 0) is 19.4 Å². The summed E-state index contributed by atoms with van der Waals surface area (Å²) in [5, 5.41) is 3.46. The van der Waals surface area contributed by atoms with Crippen molar-refractivity contribution in [1.29, 1.82) is 0 Å². The van der Waals surface area contributed by atoms with E-state index in [4.69, 9.17) is 0 Å². The largest absolute Gasteiger partial charge is 0.349 e. The molecule has 0 aliphatic heterocycles. The van der Waals surface area contributed by atoms with Crippen molar-refractivity contribution in [3.05, 3.63) is 53.6 Å². The number of imidazole rings is 1. The third kappa shape index (κ3) is 4.00. The summed E-state index contributed by atoms with van der Waals surface area (Å²) in [4.78, 5) is 7.33. The number of aromatic nitrogens is 2. The van der Waals surface area contributed by atoms with Crippen molar-refractivity contribution in [3.8, 4) is 0 Å². The molecule has 1 aromatic carbocycles. The number of aromatic amines is 1. The van der Waals surface area contributed by atoms with Gasteiger partial charge in [-0.3, -0.25) is 0 Å². The summed E-state index contributed by atoms with van der Waals surface area (Å²) < 4.78 is 0. The topological polar surface area (TPSA) is 40.7 Å². The Morgan fingerprint density at radius 3 is 2.61 bits per heavy atom. The van der Waals surface area contributed by atoms with Gasteiger partial charge in [0.15, 0.2) is 0 Å². The standard InChI is InChI=1S/C15H21N3/c1-2-13-5-7-14(8-6-13)12-16-9-3-4-15-17-10-11-18-15/h5-8,10-11,16H,2-4,9,12H2,1H3,(H,17,18). The number of rotatable bonds is 7. The second-order valence-corrected chi connectivity index (χ2v) is 4.49. The molecule has 18 heavy (non-hydrogen) atoms. The Balaban J connectivity index is 1.62. The van der Waals surface area contributed by atoms with Gasteiger partial charge in [0.25, 0.3) is 0 Å². The van der Waals surface area contributed by atoms with Gasteiger partial charge in [0.05, 0.1) is 0 Å². The minimum atomic E-state index is 0.947. The first-order chi connectivity index (χ1) is 8.88. The average Bonchev–Trinajstić information content (AvgIpc) is 2.92. The molecule has 0 bridgehead atoms. The van der Waals surface area contributed by atoms with Crippen LogP contribution >= 0.6 is 0 Å². The van der Waals surface area contributed by atoms with Crippen LogP contribution in [0.2, 0.25) is 0 Å². The highest BCUT2D eigenvalue weighted by molar-refractivity contribution is 5.22. The van der Waals surface area contributed by atoms with E-state index in [0.717, 1.165) is 38.2 Å². The molecule has 3 heteroatoms. The molecule has 0 spiro atoms. The number of aryl methyl sites for hydroxylation is 2. The molecule has 3 nitrogen and oxygen atoms in total. The Bertz CT molecular complexity index is 431. The minimum absolute atomic E-state index is 0.947. The maximum atomic E-state index is 4.21. The summed E-state index contributed by atoms with van der Waals surface area (Å²) in [7, 11) is 0. The van der Waals surface area contributed by atoms with Crippen molar-refractivity contribution in [3.63, 3.8) is 0 Å². The number of nitrogens with zero attached hydrogens (tertiary/aromatic N) is 1. The van der Waals surface area contributed by atoms with Crippen molar-refractivity contribution in [2.45, 2.75) is 32.7 Å². The van der Waals surface area contributed by atoms with Gasteiger partial charge in [0.2, 0.25) is 0 Å². The summed E-state index contributed by atoms with van der Waals surface area (Å²) in [6.07, 6.45) is 6.91. The maximum Gasteiger partial charge on any atom is 0.106 e. The van der Waals surface area contributed by atoms with Gasteiger partial charge in [0, 0.05) is 25.4 Å². The summed E-state index contributed by atoms with van der Waals surface area (Å²) in [5.41, 5.74) is 2.75. The Morgan fingerprint density at radius 1 is 1.17 bits per heavy atom. The normalized spacial score (nSPS) is 10.7. The van der Waals surface area contributed by atoms with Crippen LogP contribution in [0.25, 0.3) is 0 Å². The first-order valence-electron chi connectivity index (χ1n) is 6.65. The van der Waals surface area contributed by atoms with E-state index in [1.807, 2.05) is 6.20 Å². The maximum absolute atomic E-state index is 4.21. The third-order valence-corrected chi connectivity index (χ3v) is 3.08. The van der Waals surface area contributed by atoms with Gasteiger partial charge in [-0.25, -0.2) is 4.98 Å². The molecule has 0 radical (unpaired) electrons. The third-order valence-electron chi connectivity index (χ3n) is 3.08. The SMILES string of the molecule is CCc1ccc(CNCCCc2ncc[nH]2)cc1. The van der Waals surface area contributed by atoms with Crippen LogP contribution in [0.3, 0.4) is 0 Å². The molecule has 0 atom stereocenters. The van der Waals surface area contributed by atoms with E-state index in [-0.39, 0.29) is 0 Å². The molecule has 1 heterocycles. The molecule has 0 saturated heterocycles. The van der Waals surface area contributed by atoms with Crippen molar-refractivity contribution in [2.24, 2.45) is 0 Å². The molecule has 0 aliphatic rings. The number of benzene rings is 1. The molecule has 0 unspecified atom stereocenters. The fourth-order valence-electron chi connectivity index (χ4n) is 1.94. The number of hydrogen-bond donors (Lipinski definition) is 2. The van der Waals surface area contributed by atoms with Gasteiger partial charge in [-0.15, -0.1) is 0 Å². The number of nitrogens with one attached hydrogen (secondary N) is 2. The van der Waals surface area contributed by atoms with Crippen LogP contribution in [0, 0.1) is 0 Å². The van der Waals surface area contributed by atoms with Crippen LogP contribution < -0.4 is 5.32 Å². The van der Waals surface area contributed by atoms with Gasteiger partial charge in [-0.1, -0.05) is 31.2 Å². The second kappa shape index (κ2) is 6.97. The van der Waals surface area contributed by atoms with Gasteiger partial charge >= 0.3 is 0 Å². The lowest BCUT2D eigenvalue weighted by Crippen LogP contribution is -2.15. The Labute approximate surface area is 109 Å². The quantitative estimate of drug-likeness (QED) is 0.734. The van der Waals surface area contributed by atoms with Crippen LogP contribution in [0.5, 0.6) is 0 Å². The first-order valence-corrected chi connectivity index (χ1v) is 6.65. The Kier molecular flexibility index (Phi) is 4.97. The highest BCUT2D eigenvalue weighted by Crippen LogP contribution is 2.04. The average molecular weight is 243 g/mol. The summed E-state index contributed by atoms with van der Waals surface area (Å²) in [5.74, 6) is 1.07. The van der Waals surface area contributed by atoms with E-state index in [1.165, 1.54) is 11.1 Å². The lowest BCUT2D eigenvalue weighted by Gasteiger charge is -2.05. The van der Waals surface area contributed by atoms with E-state index < -0.39 is 0 Å². The van der Waals surface area contributed by atoms with Crippen LogP contribution in [0.4, 0.5) is 0 Å².